The normalized spacial score (nSPS) is 18.5. The minimum absolute atomic E-state index is 0.177. The van der Waals surface area contributed by atoms with Gasteiger partial charge in [0.15, 0.2) is 5.72 Å². The summed E-state index contributed by atoms with van der Waals surface area (Å²) in [6, 6.07) is 12.1. The Bertz CT molecular complexity index is 1190. The van der Waals surface area contributed by atoms with Crippen molar-refractivity contribution in [3.8, 4) is 0 Å². The molecule has 1 aromatic heterocycles. The van der Waals surface area contributed by atoms with Gasteiger partial charge in [0.2, 0.25) is 0 Å². The first-order valence-electron chi connectivity index (χ1n) is 9.29. The first-order chi connectivity index (χ1) is 13.4. The number of aryl methyl sites for hydroxylation is 1. The predicted octanol–water partition coefficient (Wildman–Crippen LogP) is 3.64. The molecule has 152 valence electrons. The highest BCUT2D eigenvalue weighted by molar-refractivity contribution is 9.10. The SMILES string of the molecule is Cc1ccc(S(=O)(=O)n2c(B3OC(C)(C)C(C)(C)O3)nc3cccc(Br)c32)cc1. The summed E-state index contributed by atoms with van der Waals surface area (Å²) in [6.07, 6.45) is 0. The van der Waals surface area contributed by atoms with Crippen LogP contribution in [0.15, 0.2) is 51.8 Å². The van der Waals surface area contributed by atoms with Crippen molar-refractivity contribution in [3.63, 3.8) is 0 Å². The Kier molecular flexibility index (Phi) is 4.73. The minimum Gasteiger partial charge on any atom is -0.397 e. The van der Waals surface area contributed by atoms with Crippen LogP contribution in [-0.4, -0.2) is 35.7 Å². The number of halogens is 1. The van der Waals surface area contributed by atoms with E-state index < -0.39 is 28.3 Å². The predicted molar refractivity (Wildman–Crippen MR) is 117 cm³/mol. The topological polar surface area (TPSA) is 70.4 Å². The minimum atomic E-state index is -3.94. The molecule has 9 heteroatoms. The molecule has 29 heavy (non-hydrogen) atoms. The summed E-state index contributed by atoms with van der Waals surface area (Å²) in [4.78, 5) is 4.78. The van der Waals surface area contributed by atoms with Gasteiger partial charge in [0.05, 0.1) is 27.1 Å². The highest BCUT2D eigenvalue weighted by Crippen LogP contribution is 2.37. The number of benzene rings is 2. The fourth-order valence-electron chi connectivity index (χ4n) is 3.23. The number of para-hydroxylation sites is 1. The third-order valence-electron chi connectivity index (χ3n) is 5.63. The summed E-state index contributed by atoms with van der Waals surface area (Å²) in [5.74, 6) is 0. The largest absolute Gasteiger partial charge is 0.533 e. The molecule has 0 amide bonds. The highest BCUT2D eigenvalue weighted by Gasteiger charge is 2.54. The van der Waals surface area contributed by atoms with Crippen molar-refractivity contribution >= 4 is 49.8 Å². The Morgan fingerprint density at radius 1 is 1.00 bits per heavy atom. The zero-order valence-electron chi connectivity index (χ0n) is 16.9. The van der Waals surface area contributed by atoms with Crippen LogP contribution in [0.2, 0.25) is 0 Å². The van der Waals surface area contributed by atoms with E-state index in [0.29, 0.717) is 15.5 Å². The molecule has 0 bridgehead atoms. The number of nitrogens with zero attached hydrogens (tertiary/aromatic N) is 2. The molecule has 1 fully saturated rings. The average molecular weight is 477 g/mol. The molecule has 0 spiro atoms. The molecule has 0 N–H and O–H groups in total. The fourth-order valence-corrected chi connectivity index (χ4v) is 5.38. The monoisotopic (exact) mass is 476 g/mol. The molecule has 3 aromatic rings. The zero-order chi connectivity index (χ0) is 21.2. The Balaban J connectivity index is 1.98. The standard InChI is InChI=1S/C20H22BBrN2O4S/c1-13-9-11-14(12-10-13)29(25,26)24-17-15(22)7-6-8-16(17)23-18(24)21-27-19(2,3)20(4,5)28-21/h6-12H,1-5H3. The van der Waals surface area contributed by atoms with Crippen LogP contribution in [0.3, 0.4) is 0 Å². The maximum atomic E-state index is 13.7. The summed E-state index contributed by atoms with van der Waals surface area (Å²) in [7, 11) is -4.86. The summed E-state index contributed by atoms with van der Waals surface area (Å²) in [6.45, 7) is 9.60. The van der Waals surface area contributed by atoms with Crippen molar-refractivity contribution in [1.29, 1.82) is 0 Å². The van der Waals surface area contributed by atoms with Crippen molar-refractivity contribution in [2.75, 3.05) is 0 Å². The number of aromatic nitrogens is 2. The Morgan fingerprint density at radius 3 is 2.17 bits per heavy atom. The van der Waals surface area contributed by atoms with Crippen LogP contribution in [0, 0.1) is 6.92 Å². The summed E-state index contributed by atoms with van der Waals surface area (Å²) < 4.78 is 41.4. The lowest BCUT2D eigenvalue weighted by molar-refractivity contribution is 0.00578. The van der Waals surface area contributed by atoms with Gasteiger partial charge in [-0.15, -0.1) is 0 Å². The number of fused-ring (bicyclic) bond motifs is 1. The van der Waals surface area contributed by atoms with Gasteiger partial charge in [-0.3, -0.25) is 0 Å². The van der Waals surface area contributed by atoms with Crippen LogP contribution < -0.4 is 5.72 Å². The van der Waals surface area contributed by atoms with E-state index in [1.807, 2.05) is 40.7 Å². The van der Waals surface area contributed by atoms with Crippen molar-refractivity contribution in [1.82, 2.24) is 8.96 Å². The smallest absolute Gasteiger partial charge is 0.397 e. The van der Waals surface area contributed by atoms with Crippen LogP contribution in [0.5, 0.6) is 0 Å². The average Bonchev–Trinajstić information content (AvgIpc) is 3.12. The van der Waals surface area contributed by atoms with Crippen LogP contribution in [0.25, 0.3) is 11.0 Å². The van der Waals surface area contributed by atoms with Gasteiger partial charge >= 0.3 is 7.12 Å². The van der Waals surface area contributed by atoms with Crippen molar-refractivity contribution in [3.05, 3.63) is 52.5 Å². The van der Waals surface area contributed by atoms with Crippen molar-refractivity contribution in [2.45, 2.75) is 50.7 Å². The van der Waals surface area contributed by atoms with Crippen LogP contribution in [0.4, 0.5) is 0 Å². The van der Waals surface area contributed by atoms with Gasteiger partial charge in [-0.05, 0) is 74.8 Å². The van der Waals surface area contributed by atoms with Crippen LogP contribution >= 0.6 is 15.9 Å². The van der Waals surface area contributed by atoms with E-state index in [1.54, 1.807) is 36.4 Å². The molecule has 1 saturated heterocycles. The van der Waals surface area contributed by atoms with Gasteiger partial charge in [0, 0.05) is 4.47 Å². The number of imidazole rings is 1. The van der Waals surface area contributed by atoms with Gasteiger partial charge < -0.3 is 9.31 Å². The molecule has 0 unspecified atom stereocenters. The lowest BCUT2D eigenvalue weighted by Gasteiger charge is -2.32. The van der Waals surface area contributed by atoms with Crippen LogP contribution in [-0.2, 0) is 19.3 Å². The molecule has 0 radical (unpaired) electrons. The third kappa shape index (κ3) is 3.24. The first-order valence-corrected chi connectivity index (χ1v) is 11.5. The molecular weight excluding hydrogens is 455 g/mol. The second kappa shape index (κ2) is 6.67. The van der Waals surface area contributed by atoms with E-state index in [0.717, 1.165) is 5.56 Å². The Labute approximate surface area is 179 Å². The van der Waals surface area contributed by atoms with E-state index in [9.17, 15) is 8.42 Å². The molecule has 2 heterocycles. The van der Waals surface area contributed by atoms with E-state index in [1.165, 1.54) is 3.97 Å². The van der Waals surface area contributed by atoms with Gasteiger partial charge in [-0.25, -0.2) is 17.4 Å². The van der Waals surface area contributed by atoms with Gasteiger partial charge in [-0.1, -0.05) is 23.8 Å². The molecule has 6 nitrogen and oxygen atoms in total. The van der Waals surface area contributed by atoms with Gasteiger partial charge in [0.25, 0.3) is 10.0 Å². The molecular formula is C20H22BBrN2O4S. The summed E-state index contributed by atoms with van der Waals surface area (Å²) in [5.41, 5.74) is 0.937. The second-order valence-electron chi connectivity index (χ2n) is 8.25. The van der Waals surface area contributed by atoms with Crippen molar-refractivity contribution < 1.29 is 17.7 Å². The van der Waals surface area contributed by atoms with Gasteiger partial charge in [-0.2, -0.15) is 0 Å². The molecule has 0 atom stereocenters. The van der Waals surface area contributed by atoms with E-state index in [4.69, 9.17) is 9.31 Å². The lowest BCUT2D eigenvalue weighted by atomic mass is 9.89. The number of hydrogen-bond acceptors (Lipinski definition) is 5. The molecule has 2 aromatic carbocycles. The first kappa shape index (κ1) is 20.6. The van der Waals surface area contributed by atoms with Gasteiger partial charge in [0.1, 0.15) is 0 Å². The fraction of sp³-hybridized carbons (Fsp3) is 0.350. The van der Waals surface area contributed by atoms with Crippen LogP contribution in [0.1, 0.15) is 33.3 Å². The molecule has 0 saturated carbocycles. The number of rotatable bonds is 3. The molecule has 0 aliphatic carbocycles. The third-order valence-corrected chi connectivity index (χ3v) is 7.99. The quantitative estimate of drug-likeness (QED) is 0.539. The maximum Gasteiger partial charge on any atom is 0.533 e. The summed E-state index contributed by atoms with van der Waals surface area (Å²) in [5, 5.41) is 0. The second-order valence-corrected chi connectivity index (χ2v) is 10.9. The Hall–Kier alpha value is -1.68. The number of hydrogen-bond donors (Lipinski definition) is 0. The van der Waals surface area contributed by atoms with E-state index >= 15 is 0 Å². The van der Waals surface area contributed by atoms with E-state index in [2.05, 4.69) is 20.9 Å². The molecule has 1 aliphatic rings. The Morgan fingerprint density at radius 2 is 1.59 bits per heavy atom. The highest BCUT2D eigenvalue weighted by atomic mass is 79.9. The summed E-state index contributed by atoms with van der Waals surface area (Å²) >= 11 is 3.48. The lowest BCUT2D eigenvalue weighted by Crippen LogP contribution is -2.43. The molecule has 4 rings (SSSR count). The van der Waals surface area contributed by atoms with Crippen molar-refractivity contribution in [2.24, 2.45) is 0 Å². The zero-order valence-corrected chi connectivity index (χ0v) is 19.3. The maximum absolute atomic E-state index is 13.7. The molecule has 1 aliphatic heterocycles. The van der Waals surface area contributed by atoms with E-state index in [-0.39, 0.29) is 10.6 Å².